The predicted molar refractivity (Wildman–Crippen MR) is 285 cm³/mol. The van der Waals surface area contributed by atoms with Crippen molar-refractivity contribution in [1.29, 1.82) is 0 Å². The number of para-hydroxylation sites is 4. The second kappa shape index (κ2) is 14.8. The normalized spacial score (nSPS) is 13.1. The number of benzene rings is 9. The van der Waals surface area contributed by atoms with Gasteiger partial charge in [-0.2, -0.15) is 0 Å². The lowest BCUT2D eigenvalue weighted by Crippen LogP contribution is -2.57. The van der Waals surface area contributed by atoms with Gasteiger partial charge in [-0.05, 0) is 106 Å². The Bertz CT molecular complexity index is 3690. The molecule has 0 saturated carbocycles. The number of fused-ring (bicyclic) bond motifs is 11. The van der Waals surface area contributed by atoms with Crippen molar-refractivity contribution in [2.75, 3.05) is 4.90 Å². The molecule has 6 heteroatoms. The Hall–Kier alpha value is -7.96. The summed E-state index contributed by atoms with van der Waals surface area (Å²) >= 11 is 0. The Morgan fingerprint density at radius 2 is 0.809 bits per heavy atom. The molecule has 0 bridgehead atoms. The van der Waals surface area contributed by atoms with Crippen LogP contribution in [0.5, 0.6) is 23.0 Å². The van der Waals surface area contributed by atoms with Crippen LogP contribution in [-0.4, -0.2) is 15.8 Å². The van der Waals surface area contributed by atoms with Crippen molar-refractivity contribution in [3.8, 4) is 34.4 Å². The largest absolute Gasteiger partial charge is 0.458 e. The van der Waals surface area contributed by atoms with E-state index in [0.29, 0.717) is 0 Å². The summed E-state index contributed by atoms with van der Waals surface area (Å²) in [7, 11) is 0. The highest BCUT2D eigenvalue weighted by Gasteiger charge is 2.42. The number of rotatable bonds is 5. The molecule has 0 amide bonds. The minimum absolute atomic E-state index is 0.0275. The van der Waals surface area contributed by atoms with Crippen molar-refractivity contribution in [3.63, 3.8) is 0 Å². The van der Waals surface area contributed by atoms with E-state index in [1.165, 1.54) is 43.6 Å². The highest BCUT2D eigenvalue weighted by Crippen LogP contribution is 2.45. The lowest BCUT2D eigenvalue weighted by Gasteiger charge is -2.35. The smallest absolute Gasteiger partial charge is 0.260 e. The Balaban J connectivity index is 1.05. The van der Waals surface area contributed by atoms with Crippen molar-refractivity contribution < 1.29 is 9.47 Å². The molecule has 0 saturated heterocycles. The third kappa shape index (κ3) is 6.16. The number of aromatic nitrogens is 2. The minimum Gasteiger partial charge on any atom is -0.458 e. The molecule has 0 atom stereocenters. The molecule has 13 rings (SSSR count). The van der Waals surface area contributed by atoms with Gasteiger partial charge in [0, 0.05) is 61.9 Å². The maximum atomic E-state index is 7.09. The molecule has 2 aromatic heterocycles. The van der Waals surface area contributed by atoms with E-state index in [4.69, 9.17) is 9.47 Å². The van der Waals surface area contributed by atoms with Crippen molar-refractivity contribution in [2.45, 2.75) is 52.4 Å². The SMILES string of the molecule is CC(C)(C)c1ccc2c(c1)B1c3cc(C(C)(C)C)ccc3Oc3cc(-n4c5ccccc5c5ccc6c7ccccc7n(-c7ccc(N(c8ccccc8)c8ccccc8)cc7)c6c54)cc(c31)O2. The monoisotopic (exact) mass is 879 g/mol. The summed E-state index contributed by atoms with van der Waals surface area (Å²) in [4.78, 5) is 2.31. The number of hydrogen-bond acceptors (Lipinski definition) is 3. The number of nitrogens with zero attached hydrogens (tertiary/aromatic N) is 3. The zero-order valence-corrected chi connectivity index (χ0v) is 39.2. The van der Waals surface area contributed by atoms with Crippen LogP contribution in [0.15, 0.2) is 194 Å². The molecule has 4 heterocycles. The van der Waals surface area contributed by atoms with E-state index in [-0.39, 0.29) is 17.5 Å². The van der Waals surface area contributed by atoms with E-state index in [0.717, 1.165) is 79.0 Å². The van der Waals surface area contributed by atoms with Crippen LogP contribution in [0.3, 0.4) is 0 Å². The van der Waals surface area contributed by atoms with E-state index in [2.05, 4.69) is 250 Å². The molecule has 0 radical (unpaired) electrons. The number of ether oxygens (including phenoxy) is 2. The summed E-state index contributed by atoms with van der Waals surface area (Å²) in [5.74, 6) is 3.42. The van der Waals surface area contributed by atoms with Crippen LogP contribution in [0.4, 0.5) is 17.1 Å². The molecular weight excluding hydrogens is 830 g/mol. The van der Waals surface area contributed by atoms with Crippen LogP contribution in [0.25, 0.3) is 55.0 Å². The van der Waals surface area contributed by atoms with Crippen LogP contribution < -0.4 is 30.8 Å². The van der Waals surface area contributed by atoms with Crippen molar-refractivity contribution in [3.05, 3.63) is 205 Å². The van der Waals surface area contributed by atoms with Gasteiger partial charge in [0.05, 0.1) is 27.8 Å². The topological polar surface area (TPSA) is 31.6 Å². The highest BCUT2D eigenvalue weighted by molar-refractivity contribution is 6.98. The summed E-state index contributed by atoms with van der Waals surface area (Å²) in [5, 5.41) is 4.76. The molecule has 9 aromatic carbocycles. The molecule has 0 fully saturated rings. The molecule has 2 aliphatic rings. The van der Waals surface area contributed by atoms with Crippen molar-refractivity contribution >= 4 is 83.8 Å². The number of anilines is 3. The van der Waals surface area contributed by atoms with Gasteiger partial charge in [0.25, 0.3) is 6.71 Å². The maximum absolute atomic E-state index is 7.09. The van der Waals surface area contributed by atoms with Gasteiger partial charge in [-0.25, -0.2) is 0 Å². The van der Waals surface area contributed by atoms with Gasteiger partial charge >= 0.3 is 0 Å². The van der Waals surface area contributed by atoms with Crippen LogP contribution in [-0.2, 0) is 10.8 Å². The quantitative estimate of drug-likeness (QED) is 0.161. The zero-order valence-electron chi connectivity index (χ0n) is 39.2. The van der Waals surface area contributed by atoms with Crippen LogP contribution in [0.2, 0.25) is 0 Å². The second-order valence-electron chi connectivity index (χ2n) is 20.6. The highest BCUT2D eigenvalue weighted by atomic mass is 16.5. The third-order valence-corrected chi connectivity index (χ3v) is 14.3. The molecule has 2 aliphatic heterocycles. The molecule has 0 aliphatic carbocycles. The van der Waals surface area contributed by atoms with Crippen LogP contribution in [0.1, 0.15) is 52.7 Å². The maximum Gasteiger partial charge on any atom is 0.260 e. The lowest BCUT2D eigenvalue weighted by atomic mass is 9.34. The van der Waals surface area contributed by atoms with Gasteiger partial charge in [0.2, 0.25) is 0 Å². The zero-order chi connectivity index (χ0) is 46.1. The molecule has 68 heavy (non-hydrogen) atoms. The molecule has 5 nitrogen and oxygen atoms in total. The predicted octanol–water partition coefficient (Wildman–Crippen LogP) is 14.7. The Morgan fingerprint density at radius 3 is 1.28 bits per heavy atom. The standard InChI is InChI=1S/C62H50BN3O2/c1-61(2,3)39-25-33-54-50(35-39)63-51-36-40(62(4,5)6)26-34-55(51)68-57-38-45(37-56(67-54)58(57)63)66-53-24-16-14-22-47(53)49-32-31-48-46-21-13-15-23-52(46)65(59(48)60(49)66)44-29-27-43(28-30-44)64(41-17-9-7-10-18-41)42-19-11-8-12-20-42/h7-38H,1-6H3. The first kappa shape index (κ1) is 40.3. The molecule has 328 valence electrons. The third-order valence-electron chi connectivity index (χ3n) is 14.3. The van der Waals surface area contributed by atoms with Crippen LogP contribution in [0, 0.1) is 0 Å². The van der Waals surface area contributed by atoms with Gasteiger partial charge in [-0.1, -0.05) is 151 Å². The fourth-order valence-corrected chi connectivity index (χ4v) is 10.9. The minimum atomic E-state index is -0.0544. The van der Waals surface area contributed by atoms with Crippen LogP contribution >= 0.6 is 0 Å². The summed E-state index contributed by atoms with van der Waals surface area (Å²) < 4.78 is 19.1. The second-order valence-corrected chi connectivity index (χ2v) is 20.6. The van der Waals surface area contributed by atoms with Crippen molar-refractivity contribution in [1.82, 2.24) is 9.13 Å². The van der Waals surface area contributed by atoms with E-state index in [1.54, 1.807) is 0 Å². The van der Waals surface area contributed by atoms with Gasteiger partial charge in [-0.15, -0.1) is 0 Å². The molecule has 0 unspecified atom stereocenters. The molecule has 11 aromatic rings. The fourth-order valence-electron chi connectivity index (χ4n) is 10.9. The first-order chi connectivity index (χ1) is 33.0. The summed E-state index contributed by atoms with van der Waals surface area (Å²) in [6.07, 6.45) is 0. The van der Waals surface area contributed by atoms with Gasteiger partial charge in [-0.3, -0.25) is 0 Å². The van der Waals surface area contributed by atoms with E-state index in [9.17, 15) is 0 Å². The van der Waals surface area contributed by atoms with E-state index in [1.807, 2.05) is 0 Å². The van der Waals surface area contributed by atoms with E-state index < -0.39 is 0 Å². The summed E-state index contributed by atoms with van der Waals surface area (Å²) in [5.41, 5.74) is 15.8. The van der Waals surface area contributed by atoms with Gasteiger partial charge < -0.3 is 23.5 Å². The fraction of sp³-hybridized carbons (Fsp3) is 0.129. The molecule has 0 N–H and O–H groups in total. The average molecular weight is 880 g/mol. The first-order valence-electron chi connectivity index (χ1n) is 23.8. The van der Waals surface area contributed by atoms with Gasteiger partial charge in [0.15, 0.2) is 0 Å². The Morgan fingerprint density at radius 1 is 0.382 bits per heavy atom. The average Bonchev–Trinajstić information content (AvgIpc) is 3.87. The van der Waals surface area contributed by atoms with E-state index >= 15 is 0 Å². The molecular formula is C62H50BN3O2. The summed E-state index contributed by atoms with van der Waals surface area (Å²) in [6, 6.07) is 70.5. The Kier molecular flexibility index (Phi) is 8.76. The Labute approximate surface area is 397 Å². The van der Waals surface area contributed by atoms with Gasteiger partial charge in [0.1, 0.15) is 23.0 Å². The first-order valence-corrected chi connectivity index (χ1v) is 23.8. The number of hydrogen-bond donors (Lipinski definition) is 0. The lowest BCUT2D eigenvalue weighted by molar-refractivity contribution is 0.463. The van der Waals surface area contributed by atoms with Crippen molar-refractivity contribution in [2.24, 2.45) is 0 Å². The summed E-state index contributed by atoms with van der Waals surface area (Å²) in [6.45, 7) is 13.6. The molecule has 0 spiro atoms.